The summed E-state index contributed by atoms with van der Waals surface area (Å²) in [6.45, 7) is 12.1. The van der Waals surface area contributed by atoms with Crippen LogP contribution < -0.4 is 10.6 Å². The van der Waals surface area contributed by atoms with Crippen LogP contribution in [0.15, 0.2) is 0 Å². The molecule has 5 heteroatoms. The van der Waals surface area contributed by atoms with Crippen molar-refractivity contribution in [2.45, 2.75) is 53.9 Å². The molecule has 120 valence electrons. The molecule has 0 fully saturated rings. The molecule has 0 spiro atoms. The van der Waals surface area contributed by atoms with Gasteiger partial charge in [-0.05, 0) is 19.8 Å². The Morgan fingerprint density at radius 1 is 1.05 bits per heavy atom. The van der Waals surface area contributed by atoms with Gasteiger partial charge in [-0.2, -0.15) is 0 Å². The van der Waals surface area contributed by atoms with Gasteiger partial charge in [0.15, 0.2) is 0 Å². The number of anilines is 2. The van der Waals surface area contributed by atoms with Crippen LogP contribution in [0, 0.1) is 12.3 Å². The average Bonchev–Trinajstić information content (AvgIpc) is 2.46. The summed E-state index contributed by atoms with van der Waals surface area (Å²) in [6, 6.07) is 0. The Bertz CT molecular complexity index is 446. The first-order valence-corrected chi connectivity index (χ1v) is 7.89. The second kappa shape index (κ2) is 8.17. The van der Waals surface area contributed by atoms with Crippen molar-refractivity contribution in [1.29, 1.82) is 0 Å². The van der Waals surface area contributed by atoms with E-state index in [9.17, 15) is 5.11 Å². The molecule has 0 radical (unpaired) electrons. The number of aryl methyl sites for hydroxylation is 1. The van der Waals surface area contributed by atoms with Gasteiger partial charge in [0.25, 0.3) is 0 Å². The number of rotatable bonds is 9. The van der Waals surface area contributed by atoms with Gasteiger partial charge in [-0.1, -0.05) is 27.7 Å². The van der Waals surface area contributed by atoms with E-state index >= 15 is 0 Å². The van der Waals surface area contributed by atoms with E-state index in [0.717, 1.165) is 48.8 Å². The zero-order valence-corrected chi connectivity index (χ0v) is 14.1. The van der Waals surface area contributed by atoms with Gasteiger partial charge >= 0.3 is 0 Å². The minimum Gasteiger partial charge on any atom is -0.396 e. The maximum absolute atomic E-state index is 9.37. The molecule has 0 aliphatic heterocycles. The van der Waals surface area contributed by atoms with Crippen LogP contribution in [0.3, 0.4) is 0 Å². The number of aromatic nitrogens is 2. The van der Waals surface area contributed by atoms with Crippen LogP contribution in [0.4, 0.5) is 11.6 Å². The number of nitrogens with zero attached hydrogens (tertiary/aromatic N) is 2. The highest BCUT2D eigenvalue weighted by Gasteiger charge is 2.18. The highest BCUT2D eigenvalue weighted by atomic mass is 16.3. The van der Waals surface area contributed by atoms with Crippen LogP contribution in [0.1, 0.15) is 51.9 Å². The zero-order valence-electron chi connectivity index (χ0n) is 14.1. The van der Waals surface area contributed by atoms with Gasteiger partial charge < -0.3 is 15.7 Å². The summed E-state index contributed by atoms with van der Waals surface area (Å²) in [7, 11) is 0. The number of hydrogen-bond donors (Lipinski definition) is 3. The third-order valence-electron chi connectivity index (χ3n) is 3.37. The molecule has 0 aliphatic carbocycles. The van der Waals surface area contributed by atoms with Crippen LogP contribution >= 0.6 is 0 Å². The predicted octanol–water partition coefficient (Wildman–Crippen LogP) is 2.99. The Kier molecular flexibility index (Phi) is 6.89. The first-order chi connectivity index (χ1) is 9.93. The van der Waals surface area contributed by atoms with Crippen molar-refractivity contribution in [3.63, 3.8) is 0 Å². The lowest BCUT2D eigenvalue weighted by molar-refractivity contribution is 0.170. The largest absolute Gasteiger partial charge is 0.396 e. The lowest BCUT2D eigenvalue weighted by atomic mass is 9.95. The molecule has 21 heavy (non-hydrogen) atoms. The van der Waals surface area contributed by atoms with E-state index in [1.807, 2.05) is 20.8 Å². The normalized spacial score (nSPS) is 11.5. The fourth-order valence-electron chi connectivity index (χ4n) is 1.86. The lowest BCUT2D eigenvalue weighted by Crippen LogP contribution is -2.27. The first-order valence-electron chi connectivity index (χ1n) is 7.89. The minimum absolute atomic E-state index is 0.146. The van der Waals surface area contributed by atoms with Crippen molar-refractivity contribution < 1.29 is 5.11 Å². The summed E-state index contributed by atoms with van der Waals surface area (Å²) in [6.07, 6.45) is 2.96. The quantitative estimate of drug-likeness (QED) is 0.653. The maximum Gasteiger partial charge on any atom is 0.134 e. The molecule has 0 saturated heterocycles. The molecule has 0 aromatic carbocycles. The van der Waals surface area contributed by atoms with Gasteiger partial charge in [0.2, 0.25) is 0 Å². The molecular weight excluding hydrogens is 264 g/mol. The van der Waals surface area contributed by atoms with E-state index in [1.165, 1.54) is 0 Å². The highest BCUT2D eigenvalue weighted by molar-refractivity contribution is 5.57. The molecule has 0 unspecified atom stereocenters. The molecule has 0 atom stereocenters. The molecule has 0 bridgehead atoms. The van der Waals surface area contributed by atoms with Gasteiger partial charge in [-0.25, -0.2) is 9.97 Å². The summed E-state index contributed by atoms with van der Waals surface area (Å²) in [5, 5.41) is 16.1. The number of aliphatic hydroxyl groups is 1. The van der Waals surface area contributed by atoms with Crippen LogP contribution in [0.5, 0.6) is 0 Å². The Labute approximate surface area is 128 Å². The fourth-order valence-corrected chi connectivity index (χ4v) is 1.86. The van der Waals surface area contributed by atoms with Crippen molar-refractivity contribution in [3.05, 3.63) is 11.4 Å². The van der Waals surface area contributed by atoms with Crippen molar-refractivity contribution >= 4 is 11.6 Å². The Hall–Kier alpha value is -1.36. The van der Waals surface area contributed by atoms with E-state index in [0.29, 0.717) is 6.54 Å². The summed E-state index contributed by atoms with van der Waals surface area (Å²) < 4.78 is 0. The maximum atomic E-state index is 9.37. The van der Waals surface area contributed by atoms with Crippen molar-refractivity contribution in [2.75, 3.05) is 30.3 Å². The van der Waals surface area contributed by atoms with Gasteiger partial charge in [-0.3, -0.25) is 0 Å². The average molecular weight is 294 g/mol. The van der Waals surface area contributed by atoms with Crippen molar-refractivity contribution in [2.24, 2.45) is 5.41 Å². The second-order valence-corrected chi connectivity index (χ2v) is 6.31. The standard InChI is InChI=1S/C16H30N4O/c1-6-8-13-19-14(17-9-7-2)12(3)15(20-13)18-10-16(4,5)11-21/h21H,6-11H2,1-5H3,(H2,17,18,19,20). The van der Waals surface area contributed by atoms with Gasteiger partial charge in [0.05, 0.1) is 0 Å². The Morgan fingerprint density at radius 3 is 2.19 bits per heavy atom. The molecule has 1 aromatic heterocycles. The second-order valence-electron chi connectivity index (χ2n) is 6.31. The van der Waals surface area contributed by atoms with E-state index in [4.69, 9.17) is 0 Å². The molecule has 0 saturated carbocycles. The molecule has 0 aliphatic rings. The minimum atomic E-state index is -0.167. The summed E-state index contributed by atoms with van der Waals surface area (Å²) in [4.78, 5) is 9.24. The van der Waals surface area contributed by atoms with E-state index in [-0.39, 0.29) is 12.0 Å². The lowest BCUT2D eigenvalue weighted by Gasteiger charge is -2.23. The van der Waals surface area contributed by atoms with Gasteiger partial charge in [-0.15, -0.1) is 0 Å². The molecular formula is C16H30N4O. The molecule has 0 amide bonds. The molecule has 1 aromatic rings. The molecule has 5 nitrogen and oxygen atoms in total. The SMILES string of the molecule is CCCNc1nc(CCC)nc(NCC(C)(C)CO)c1C. The van der Waals surface area contributed by atoms with E-state index < -0.39 is 0 Å². The fraction of sp³-hybridized carbons (Fsp3) is 0.750. The van der Waals surface area contributed by atoms with Crippen LogP contribution in [-0.4, -0.2) is 34.8 Å². The number of aliphatic hydroxyl groups excluding tert-OH is 1. The Morgan fingerprint density at radius 2 is 1.67 bits per heavy atom. The smallest absolute Gasteiger partial charge is 0.134 e. The topological polar surface area (TPSA) is 70.1 Å². The van der Waals surface area contributed by atoms with E-state index in [2.05, 4.69) is 34.4 Å². The van der Waals surface area contributed by atoms with E-state index in [1.54, 1.807) is 0 Å². The number of hydrogen-bond acceptors (Lipinski definition) is 5. The predicted molar refractivity (Wildman–Crippen MR) is 88.9 cm³/mol. The van der Waals surface area contributed by atoms with Crippen molar-refractivity contribution in [1.82, 2.24) is 9.97 Å². The zero-order chi connectivity index (χ0) is 15.9. The monoisotopic (exact) mass is 294 g/mol. The van der Waals surface area contributed by atoms with Crippen LogP contribution in [0.2, 0.25) is 0 Å². The summed E-state index contributed by atoms with van der Waals surface area (Å²) in [5.74, 6) is 2.65. The summed E-state index contributed by atoms with van der Waals surface area (Å²) >= 11 is 0. The van der Waals surface area contributed by atoms with Gasteiger partial charge in [0.1, 0.15) is 17.5 Å². The van der Waals surface area contributed by atoms with Crippen LogP contribution in [-0.2, 0) is 6.42 Å². The molecule has 3 N–H and O–H groups in total. The highest BCUT2D eigenvalue weighted by Crippen LogP contribution is 2.22. The summed E-state index contributed by atoms with van der Waals surface area (Å²) in [5.41, 5.74) is 0.872. The van der Waals surface area contributed by atoms with Crippen LogP contribution in [0.25, 0.3) is 0 Å². The van der Waals surface area contributed by atoms with Crippen molar-refractivity contribution in [3.8, 4) is 0 Å². The molecule has 1 heterocycles. The third kappa shape index (κ3) is 5.50. The Balaban J connectivity index is 2.96. The third-order valence-corrected chi connectivity index (χ3v) is 3.37. The molecule has 1 rings (SSSR count). The van der Waals surface area contributed by atoms with Gasteiger partial charge in [0, 0.05) is 37.1 Å². The number of nitrogens with one attached hydrogen (secondary N) is 2. The first kappa shape index (κ1) is 17.7.